The van der Waals surface area contributed by atoms with E-state index in [-0.39, 0.29) is 23.5 Å². The molecule has 1 fully saturated rings. The number of rotatable bonds is 7. The summed E-state index contributed by atoms with van der Waals surface area (Å²) in [6.07, 6.45) is 3.26. The number of carbonyl (C=O) groups excluding carboxylic acids is 1. The summed E-state index contributed by atoms with van der Waals surface area (Å²) < 4.78 is 5.92. The number of hydrogen-bond donors (Lipinski definition) is 1. The van der Waals surface area contributed by atoms with Crippen molar-refractivity contribution in [3.8, 4) is 0 Å². The molecule has 2 unspecified atom stereocenters. The smallest absolute Gasteiger partial charge is 0.253 e. The number of amides is 1. The Labute approximate surface area is 140 Å². The second kappa shape index (κ2) is 7.45. The van der Waals surface area contributed by atoms with E-state index >= 15 is 0 Å². The molecule has 0 heterocycles. The molecule has 1 amide bonds. The molecule has 4 heteroatoms. The van der Waals surface area contributed by atoms with E-state index in [0.717, 1.165) is 37.0 Å². The predicted octanol–water partition coefficient (Wildman–Crippen LogP) is 3.20. The van der Waals surface area contributed by atoms with Gasteiger partial charge in [-0.3, -0.25) is 4.79 Å². The lowest BCUT2D eigenvalue weighted by Gasteiger charge is -2.58. The van der Waals surface area contributed by atoms with Gasteiger partial charge in [-0.25, -0.2) is 0 Å². The summed E-state index contributed by atoms with van der Waals surface area (Å²) in [6.45, 7) is 7.68. The minimum absolute atomic E-state index is 0.0810. The molecular formula is C19H30N2O2. The van der Waals surface area contributed by atoms with Gasteiger partial charge in [0.05, 0.1) is 6.10 Å². The van der Waals surface area contributed by atoms with E-state index in [4.69, 9.17) is 10.5 Å². The van der Waals surface area contributed by atoms with Gasteiger partial charge in [0.2, 0.25) is 0 Å². The first-order valence-corrected chi connectivity index (χ1v) is 8.71. The van der Waals surface area contributed by atoms with Crippen molar-refractivity contribution >= 4 is 5.91 Å². The average Bonchev–Trinajstić information content (AvgIpc) is 2.58. The lowest BCUT2D eigenvalue weighted by atomic mass is 9.58. The van der Waals surface area contributed by atoms with E-state index in [1.807, 2.05) is 43.1 Å². The fourth-order valence-electron chi connectivity index (χ4n) is 4.01. The van der Waals surface area contributed by atoms with Crippen LogP contribution in [-0.2, 0) is 11.3 Å². The highest BCUT2D eigenvalue weighted by Crippen LogP contribution is 2.51. The first kappa shape index (κ1) is 18.0. The largest absolute Gasteiger partial charge is 0.378 e. The van der Waals surface area contributed by atoms with E-state index in [2.05, 4.69) is 13.8 Å². The Morgan fingerprint density at radius 1 is 1.26 bits per heavy atom. The topological polar surface area (TPSA) is 55.6 Å². The average molecular weight is 318 g/mol. The molecule has 1 aromatic rings. The van der Waals surface area contributed by atoms with Crippen molar-refractivity contribution in [1.82, 2.24) is 4.90 Å². The maximum atomic E-state index is 12.8. The van der Waals surface area contributed by atoms with E-state index in [1.165, 1.54) is 0 Å². The summed E-state index contributed by atoms with van der Waals surface area (Å²) >= 11 is 0. The van der Waals surface area contributed by atoms with Crippen molar-refractivity contribution in [3.05, 3.63) is 35.4 Å². The van der Waals surface area contributed by atoms with Crippen LogP contribution in [0.25, 0.3) is 0 Å². The lowest BCUT2D eigenvalue weighted by Crippen LogP contribution is -2.64. The van der Waals surface area contributed by atoms with Gasteiger partial charge in [-0.05, 0) is 43.9 Å². The van der Waals surface area contributed by atoms with Crippen LogP contribution in [0.2, 0.25) is 0 Å². The highest BCUT2D eigenvalue weighted by atomic mass is 16.5. The Kier molecular flexibility index (Phi) is 5.82. The van der Waals surface area contributed by atoms with Gasteiger partial charge >= 0.3 is 0 Å². The Morgan fingerprint density at radius 2 is 1.87 bits per heavy atom. The van der Waals surface area contributed by atoms with E-state index < -0.39 is 0 Å². The Bertz CT molecular complexity index is 523. The summed E-state index contributed by atoms with van der Waals surface area (Å²) in [5, 5.41) is 0. The van der Waals surface area contributed by atoms with Crippen LogP contribution in [0.1, 0.15) is 56.0 Å². The molecule has 23 heavy (non-hydrogen) atoms. The Hall–Kier alpha value is -1.39. The molecule has 0 bridgehead atoms. The van der Waals surface area contributed by atoms with Gasteiger partial charge in [0.15, 0.2) is 0 Å². The lowest BCUT2D eigenvalue weighted by molar-refractivity contribution is -0.159. The minimum Gasteiger partial charge on any atom is -0.378 e. The highest BCUT2D eigenvalue weighted by molar-refractivity contribution is 5.94. The summed E-state index contributed by atoms with van der Waals surface area (Å²) in [4.78, 5) is 14.7. The molecular weight excluding hydrogens is 288 g/mol. The van der Waals surface area contributed by atoms with Gasteiger partial charge in [-0.15, -0.1) is 0 Å². The second-order valence-electron chi connectivity index (χ2n) is 6.45. The van der Waals surface area contributed by atoms with Crippen LogP contribution in [-0.4, -0.2) is 36.6 Å². The highest BCUT2D eigenvalue weighted by Gasteiger charge is 2.55. The second-order valence-corrected chi connectivity index (χ2v) is 6.45. The van der Waals surface area contributed by atoms with Crippen molar-refractivity contribution in [2.24, 2.45) is 11.1 Å². The van der Waals surface area contributed by atoms with Crippen LogP contribution in [0, 0.1) is 5.41 Å². The normalized spacial score (nSPS) is 22.5. The van der Waals surface area contributed by atoms with Crippen LogP contribution in [0.4, 0.5) is 0 Å². The molecule has 128 valence electrons. The zero-order chi connectivity index (χ0) is 17.0. The van der Waals surface area contributed by atoms with Crippen molar-refractivity contribution in [2.75, 3.05) is 13.7 Å². The van der Waals surface area contributed by atoms with Crippen LogP contribution < -0.4 is 5.73 Å². The predicted molar refractivity (Wildman–Crippen MR) is 93.3 cm³/mol. The molecule has 2 rings (SSSR count). The third kappa shape index (κ3) is 3.15. The van der Waals surface area contributed by atoms with E-state index in [9.17, 15) is 4.79 Å². The summed E-state index contributed by atoms with van der Waals surface area (Å²) in [7, 11) is 1.92. The number of nitrogens with two attached hydrogens (primary N) is 1. The molecule has 1 aromatic carbocycles. The van der Waals surface area contributed by atoms with Crippen LogP contribution in [0.5, 0.6) is 0 Å². The maximum absolute atomic E-state index is 12.8. The molecule has 0 radical (unpaired) electrons. The fraction of sp³-hybridized carbons (Fsp3) is 0.632. The molecule has 0 aromatic heterocycles. The minimum atomic E-state index is 0.0810. The Morgan fingerprint density at radius 3 is 2.35 bits per heavy atom. The van der Waals surface area contributed by atoms with Crippen LogP contribution >= 0.6 is 0 Å². The quantitative estimate of drug-likeness (QED) is 0.840. The zero-order valence-corrected chi connectivity index (χ0v) is 14.8. The van der Waals surface area contributed by atoms with Crippen molar-refractivity contribution in [3.63, 3.8) is 0 Å². The molecule has 4 nitrogen and oxygen atoms in total. The third-order valence-electron chi connectivity index (χ3n) is 5.65. The van der Waals surface area contributed by atoms with Crippen LogP contribution in [0.3, 0.4) is 0 Å². The molecule has 0 saturated heterocycles. The van der Waals surface area contributed by atoms with E-state index in [1.54, 1.807) is 0 Å². The number of ether oxygens (including phenoxy) is 1. The molecule has 0 aliphatic heterocycles. The standard InChI is InChI=1S/C19H30N2O2/c1-5-19(6-2)16(12-17(19)23-7-3)21(4)18(22)15-10-8-14(13-20)9-11-15/h8-11,16-17H,5-7,12-13,20H2,1-4H3. The molecule has 2 atom stereocenters. The summed E-state index contributed by atoms with van der Waals surface area (Å²) in [6, 6.07) is 7.85. The number of nitrogens with zero attached hydrogens (tertiary/aromatic N) is 1. The van der Waals surface area contributed by atoms with Crippen molar-refractivity contribution < 1.29 is 9.53 Å². The molecule has 1 aliphatic carbocycles. The van der Waals surface area contributed by atoms with Crippen molar-refractivity contribution in [1.29, 1.82) is 0 Å². The van der Waals surface area contributed by atoms with Gasteiger partial charge in [0.25, 0.3) is 5.91 Å². The third-order valence-corrected chi connectivity index (χ3v) is 5.65. The van der Waals surface area contributed by atoms with Gasteiger partial charge < -0.3 is 15.4 Å². The monoisotopic (exact) mass is 318 g/mol. The van der Waals surface area contributed by atoms with Crippen molar-refractivity contribution in [2.45, 2.75) is 58.7 Å². The zero-order valence-electron chi connectivity index (χ0n) is 14.8. The summed E-state index contributed by atoms with van der Waals surface area (Å²) in [5.41, 5.74) is 7.47. The maximum Gasteiger partial charge on any atom is 0.253 e. The van der Waals surface area contributed by atoms with Gasteiger partial charge in [0, 0.05) is 37.2 Å². The van der Waals surface area contributed by atoms with Gasteiger partial charge in [0.1, 0.15) is 0 Å². The number of benzene rings is 1. The first-order valence-electron chi connectivity index (χ1n) is 8.71. The molecule has 0 spiro atoms. The molecule has 1 aliphatic rings. The van der Waals surface area contributed by atoms with E-state index in [0.29, 0.717) is 6.54 Å². The summed E-state index contributed by atoms with van der Waals surface area (Å²) in [5.74, 6) is 0.0831. The van der Waals surface area contributed by atoms with Gasteiger partial charge in [-0.1, -0.05) is 26.0 Å². The molecule has 2 N–H and O–H groups in total. The number of hydrogen-bond acceptors (Lipinski definition) is 3. The first-order chi connectivity index (χ1) is 11.0. The fourth-order valence-corrected chi connectivity index (χ4v) is 4.01. The van der Waals surface area contributed by atoms with Crippen LogP contribution in [0.15, 0.2) is 24.3 Å². The SMILES string of the molecule is CCOC1CC(N(C)C(=O)c2ccc(CN)cc2)C1(CC)CC. The van der Waals surface area contributed by atoms with Gasteiger partial charge in [-0.2, -0.15) is 0 Å². The number of carbonyl (C=O) groups is 1. The molecule has 1 saturated carbocycles. The Balaban J connectivity index is 2.15.